The summed E-state index contributed by atoms with van der Waals surface area (Å²) in [7, 11) is 0. The lowest BCUT2D eigenvalue weighted by Gasteiger charge is -2.25. The fourth-order valence-electron chi connectivity index (χ4n) is 3.63. The van der Waals surface area contributed by atoms with Crippen molar-refractivity contribution in [1.82, 2.24) is 14.3 Å². The van der Waals surface area contributed by atoms with E-state index in [-0.39, 0.29) is 11.6 Å². The molecule has 0 bridgehead atoms. The van der Waals surface area contributed by atoms with Crippen LogP contribution in [0.25, 0.3) is 15.4 Å². The molecule has 4 aromatic rings. The summed E-state index contributed by atoms with van der Waals surface area (Å²) in [5.74, 6) is -0.563. The number of morpholine rings is 1. The summed E-state index contributed by atoms with van der Waals surface area (Å²) in [4.78, 5) is 22.3. The largest absolute Gasteiger partial charge is 0.503 e. The summed E-state index contributed by atoms with van der Waals surface area (Å²) in [6.07, 6.45) is 4.16. The highest BCUT2D eigenvalue weighted by Gasteiger charge is 2.18. The number of aromatic nitrogens is 2. The van der Waals surface area contributed by atoms with Crippen molar-refractivity contribution in [1.29, 1.82) is 0 Å². The predicted molar refractivity (Wildman–Crippen MR) is 120 cm³/mol. The molecule has 1 aromatic carbocycles. The molecule has 3 aromatic heterocycles. The molecule has 4 heterocycles. The number of pyridine rings is 1. The Labute approximate surface area is 185 Å². The van der Waals surface area contributed by atoms with Gasteiger partial charge in [-0.1, -0.05) is 12.1 Å². The number of aromatic hydroxyl groups is 1. The highest BCUT2D eigenvalue weighted by atomic mass is 32.1. The average Bonchev–Trinajstić information content (AvgIpc) is 3.40. The van der Waals surface area contributed by atoms with E-state index in [1.165, 1.54) is 27.9 Å². The van der Waals surface area contributed by atoms with Gasteiger partial charge >= 0.3 is 0 Å². The van der Waals surface area contributed by atoms with Gasteiger partial charge in [0.1, 0.15) is 15.7 Å². The van der Waals surface area contributed by atoms with Crippen LogP contribution in [0, 0.1) is 5.82 Å². The molecule has 0 spiro atoms. The Morgan fingerprint density at radius 3 is 2.68 bits per heavy atom. The van der Waals surface area contributed by atoms with Gasteiger partial charge in [-0.2, -0.15) is 0 Å². The summed E-state index contributed by atoms with van der Waals surface area (Å²) >= 11 is 2.97. The molecule has 1 saturated heterocycles. The first-order valence-corrected chi connectivity index (χ1v) is 11.6. The van der Waals surface area contributed by atoms with Crippen LogP contribution in [0.2, 0.25) is 0 Å². The third-order valence-corrected chi connectivity index (χ3v) is 7.30. The number of fused-ring (bicyclic) bond motifs is 1. The summed E-state index contributed by atoms with van der Waals surface area (Å²) in [5.41, 5.74) is 0.981. The Bertz CT molecular complexity index is 1270. The van der Waals surface area contributed by atoms with Crippen LogP contribution in [0.5, 0.6) is 5.75 Å². The minimum atomic E-state index is -0.438. The first-order chi connectivity index (χ1) is 15.1. The number of thiazole rings is 2. The molecule has 0 atom stereocenters. The molecule has 31 heavy (non-hydrogen) atoms. The summed E-state index contributed by atoms with van der Waals surface area (Å²) in [6, 6.07) is 8.18. The molecule has 1 fully saturated rings. The van der Waals surface area contributed by atoms with Crippen molar-refractivity contribution in [3.63, 3.8) is 0 Å². The maximum absolute atomic E-state index is 13.1. The van der Waals surface area contributed by atoms with Crippen molar-refractivity contribution >= 4 is 27.5 Å². The zero-order chi connectivity index (χ0) is 21.4. The van der Waals surface area contributed by atoms with Crippen molar-refractivity contribution in [3.8, 4) is 16.3 Å². The SMILES string of the molecule is O=c1c(O)c(-c2ncc(Cc3ccc(F)cc3)s2)cc2sc(CN3CCOCC3)cn12. The number of ether oxygens (including phenoxy) is 1. The van der Waals surface area contributed by atoms with E-state index in [9.17, 15) is 14.3 Å². The Morgan fingerprint density at radius 1 is 1.13 bits per heavy atom. The highest BCUT2D eigenvalue weighted by Crippen LogP contribution is 2.33. The van der Waals surface area contributed by atoms with Crippen LogP contribution in [0.3, 0.4) is 0 Å². The quantitative estimate of drug-likeness (QED) is 0.494. The molecular weight excluding hydrogens is 437 g/mol. The van der Waals surface area contributed by atoms with Gasteiger partial charge < -0.3 is 9.84 Å². The molecule has 1 N–H and O–H groups in total. The van der Waals surface area contributed by atoms with Crippen molar-refractivity contribution < 1.29 is 14.2 Å². The maximum Gasteiger partial charge on any atom is 0.298 e. The van der Waals surface area contributed by atoms with Crippen LogP contribution < -0.4 is 5.56 Å². The third kappa shape index (κ3) is 4.27. The van der Waals surface area contributed by atoms with Crippen LogP contribution in [0.1, 0.15) is 15.3 Å². The van der Waals surface area contributed by atoms with Crippen LogP contribution in [-0.4, -0.2) is 45.7 Å². The molecule has 0 aliphatic carbocycles. The number of rotatable bonds is 5. The number of halogens is 1. The lowest BCUT2D eigenvalue weighted by Crippen LogP contribution is -2.35. The lowest BCUT2D eigenvalue weighted by molar-refractivity contribution is 0.0346. The predicted octanol–water partition coefficient (Wildman–Crippen LogP) is 3.75. The van der Waals surface area contributed by atoms with Gasteiger partial charge in [0.2, 0.25) is 0 Å². The average molecular weight is 458 g/mol. The second-order valence-electron chi connectivity index (χ2n) is 7.44. The zero-order valence-electron chi connectivity index (χ0n) is 16.6. The molecule has 9 heteroatoms. The first-order valence-electron chi connectivity index (χ1n) is 9.93. The van der Waals surface area contributed by atoms with Crippen LogP contribution in [-0.2, 0) is 17.7 Å². The van der Waals surface area contributed by atoms with Crippen molar-refractivity contribution in [2.45, 2.75) is 13.0 Å². The van der Waals surface area contributed by atoms with Gasteiger partial charge in [0.15, 0.2) is 5.75 Å². The zero-order valence-corrected chi connectivity index (χ0v) is 18.2. The van der Waals surface area contributed by atoms with E-state index in [1.54, 1.807) is 29.7 Å². The molecule has 160 valence electrons. The van der Waals surface area contributed by atoms with Crippen LogP contribution >= 0.6 is 22.7 Å². The van der Waals surface area contributed by atoms with E-state index in [2.05, 4.69) is 9.88 Å². The van der Waals surface area contributed by atoms with E-state index in [1.807, 2.05) is 12.3 Å². The molecule has 1 aliphatic heterocycles. The lowest BCUT2D eigenvalue weighted by atomic mass is 10.1. The smallest absolute Gasteiger partial charge is 0.298 e. The number of nitrogens with zero attached hydrogens (tertiary/aromatic N) is 3. The maximum atomic E-state index is 13.1. The Hall–Kier alpha value is -2.59. The van der Waals surface area contributed by atoms with Gasteiger partial charge in [0, 0.05) is 48.2 Å². The topological polar surface area (TPSA) is 67.1 Å². The van der Waals surface area contributed by atoms with Crippen molar-refractivity contribution in [2.75, 3.05) is 26.3 Å². The fourth-order valence-corrected chi connectivity index (χ4v) is 5.68. The van der Waals surface area contributed by atoms with Crippen LogP contribution in [0.15, 0.2) is 47.5 Å². The molecular formula is C22H20FN3O3S2. The Kier molecular flexibility index (Phi) is 5.58. The second kappa shape index (κ2) is 8.51. The van der Waals surface area contributed by atoms with Gasteiger partial charge in [-0.3, -0.25) is 14.1 Å². The molecule has 0 amide bonds. The number of hydrogen-bond donors (Lipinski definition) is 1. The normalized spacial score (nSPS) is 15.0. The monoisotopic (exact) mass is 457 g/mol. The standard InChI is InChI=1S/C22H20FN3O3S2/c23-15-3-1-14(2-4-15)9-16-11-24-21(31-16)18-10-19-26(22(28)20(18)27)13-17(30-19)12-25-5-7-29-8-6-25/h1-4,10-11,13,27H,5-9,12H2. The van der Waals surface area contributed by atoms with Gasteiger partial charge in [0.05, 0.1) is 18.8 Å². The van der Waals surface area contributed by atoms with E-state index in [0.717, 1.165) is 53.0 Å². The molecule has 0 saturated carbocycles. The van der Waals surface area contributed by atoms with E-state index in [0.29, 0.717) is 17.0 Å². The Balaban J connectivity index is 1.43. The van der Waals surface area contributed by atoms with Gasteiger partial charge in [-0.05, 0) is 23.8 Å². The number of hydrogen-bond acceptors (Lipinski definition) is 7. The van der Waals surface area contributed by atoms with Crippen LogP contribution in [0.4, 0.5) is 4.39 Å². The van der Waals surface area contributed by atoms with Crippen molar-refractivity contribution in [3.05, 3.63) is 74.2 Å². The second-order valence-corrected chi connectivity index (χ2v) is 9.70. The minimum absolute atomic E-state index is 0.267. The molecule has 0 unspecified atom stereocenters. The summed E-state index contributed by atoms with van der Waals surface area (Å²) < 4.78 is 20.0. The summed E-state index contributed by atoms with van der Waals surface area (Å²) in [6.45, 7) is 3.94. The molecule has 5 rings (SSSR count). The van der Waals surface area contributed by atoms with Gasteiger partial charge in [0.25, 0.3) is 5.56 Å². The minimum Gasteiger partial charge on any atom is -0.503 e. The van der Waals surface area contributed by atoms with E-state index >= 15 is 0 Å². The van der Waals surface area contributed by atoms with E-state index < -0.39 is 5.56 Å². The first kappa shape index (κ1) is 20.3. The number of benzene rings is 1. The summed E-state index contributed by atoms with van der Waals surface area (Å²) in [5, 5.41) is 11.2. The van der Waals surface area contributed by atoms with Gasteiger partial charge in [-0.25, -0.2) is 9.37 Å². The molecule has 6 nitrogen and oxygen atoms in total. The fraction of sp³-hybridized carbons (Fsp3) is 0.273. The van der Waals surface area contributed by atoms with E-state index in [4.69, 9.17) is 4.74 Å². The Morgan fingerprint density at radius 2 is 1.90 bits per heavy atom. The third-order valence-electron chi connectivity index (χ3n) is 5.25. The van der Waals surface area contributed by atoms with Gasteiger partial charge in [-0.15, -0.1) is 22.7 Å². The molecule has 0 radical (unpaired) electrons. The van der Waals surface area contributed by atoms with Crippen molar-refractivity contribution in [2.24, 2.45) is 0 Å². The molecule has 1 aliphatic rings. The highest BCUT2D eigenvalue weighted by molar-refractivity contribution is 7.17.